The highest BCUT2D eigenvalue weighted by Gasteiger charge is 2.14. The zero-order chi connectivity index (χ0) is 14.3. The minimum absolute atomic E-state index is 0.243. The number of aryl methyl sites for hydroxylation is 1. The van der Waals surface area contributed by atoms with Crippen molar-refractivity contribution in [1.29, 1.82) is 0 Å². The van der Waals surface area contributed by atoms with Gasteiger partial charge in [0.05, 0.1) is 13.0 Å². The monoisotopic (exact) mass is 264 g/mol. The molecule has 0 spiro atoms. The number of hydrogen-bond acceptors (Lipinski definition) is 3. The molecule has 0 aliphatic carbocycles. The fraction of sp³-hybridized carbons (Fsp3) is 0.429. The number of anilines is 1. The number of para-hydroxylation sites is 1. The summed E-state index contributed by atoms with van der Waals surface area (Å²) in [6.45, 7) is 3.97. The van der Waals surface area contributed by atoms with Gasteiger partial charge in [0.2, 0.25) is 0 Å². The molecule has 0 fully saturated rings. The smallest absolute Gasteiger partial charge is 0.319 e. The number of methoxy groups -OCH3 is 1. The third-order valence-electron chi connectivity index (χ3n) is 2.82. The second kappa shape index (κ2) is 7.41. The predicted molar refractivity (Wildman–Crippen MR) is 74.0 cm³/mol. The van der Waals surface area contributed by atoms with Crippen LogP contribution >= 0.6 is 0 Å². The number of urea groups is 1. The van der Waals surface area contributed by atoms with Crippen molar-refractivity contribution in [3.8, 4) is 0 Å². The summed E-state index contributed by atoms with van der Waals surface area (Å²) in [4.78, 5) is 22.9. The Morgan fingerprint density at radius 2 is 2.00 bits per heavy atom. The molecular formula is C14H20N2O3. The number of amides is 2. The molecule has 0 aliphatic rings. The maximum absolute atomic E-state index is 11.7. The third-order valence-corrected chi connectivity index (χ3v) is 2.82. The first-order chi connectivity index (χ1) is 9.08. The first kappa shape index (κ1) is 15.0. The van der Waals surface area contributed by atoms with Crippen molar-refractivity contribution in [3.05, 3.63) is 29.8 Å². The van der Waals surface area contributed by atoms with E-state index in [2.05, 4.69) is 15.4 Å². The lowest BCUT2D eigenvalue weighted by atomic mass is 10.1. The largest absolute Gasteiger partial charge is 0.469 e. The first-order valence-electron chi connectivity index (χ1n) is 6.29. The minimum atomic E-state index is -0.364. The normalized spacial score (nSPS) is 11.5. The molecule has 5 heteroatoms. The van der Waals surface area contributed by atoms with Crippen LogP contribution in [0.15, 0.2) is 24.3 Å². The van der Waals surface area contributed by atoms with Crippen LogP contribution in [0.25, 0.3) is 0 Å². The van der Waals surface area contributed by atoms with Crippen molar-refractivity contribution in [2.24, 2.45) is 5.92 Å². The van der Waals surface area contributed by atoms with Crippen molar-refractivity contribution in [1.82, 2.24) is 5.32 Å². The molecule has 1 atom stereocenters. The predicted octanol–water partition coefficient (Wildman–Crippen LogP) is 2.18. The summed E-state index contributed by atoms with van der Waals surface area (Å²) in [6, 6.07) is 7.29. The van der Waals surface area contributed by atoms with Crippen molar-refractivity contribution in [3.63, 3.8) is 0 Å². The number of carbonyl (C=O) groups is 2. The van der Waals surface area contributed by atoms with Gasteiger partial charge in [-0.15, -0.1) is 0 Å². The van der Waals surface area contributed by atoms with Gasteiger partial charge in [0.15, 0.2) is 0 Å². The molecule has 0 radical (unpaired) electrons. The number of esters is 1. The standard InChI is InChI=1S/C14H20N2O3/c1-4-11-7-5-6-8-12(11)16-14(18)15-9-10(2)13(17)19-3/h5-8,10H,4,9H2,1-3H3,(H2,15,16,18). The van der Waals surface area contributed by atoms with Crippen LogP contribution in [0.5, 0.6) is 0 Å². The van der Waals surface area contributed by atoms with E-state index in [4.69, 9.17) is 0 Å². The van der Waals surface area contributed by atoms with Crippen LogP contribution in [0.4, 0.5) is 10.5 Å². The van der Waals surface area contributed by atoms with Crippen LogP contribution in [0.2, 0.25) is 0 Å². The summed E-state index contributed by atoms with van der Waals surface area (Å²) in [6.07, 6.45) is 0.842. The van der Waals surface area contributed by atoms with E-state index in [0.29, 0.717) is 0 Å². The number of rotatable bonds is 5. The van der Waals surface area contributed by atoms with Crippen molar-refractivity contribution in [2.75, 3.05) is 19.0 Å². The topological polar surface area (TPSA) is 67.4 Å². The molecule has 0 aromatic heterocycles. The SMILES string of the molecule is CCc1ccccc1NC(=O)NCC(C)C(=O)OC. The van der Waals surface area contributed by atoms with Crippen LogP contribution in [-0.4, -0.2) is 25.7 Å². The molecule has 1 aromatic carbocycles. The van der Waals surface area contributed by atoms with E-state index in [9.17, 15) is 9.59 Å². The van der Waals surface area contributed by atoms with Crippen LogP contribution in [0, 0.1) is 5.92 Å². The summed E-state index contributed by atoms with van der Waals surface area (Å²) < 4.78 is 4.59. The van der Waals surface area contributed by atoms with Gasteiger partial charge in [-0.2, -0.15) is 0 Å². The summed E-state index contributed by atoms with van der Waals surface area (Å²) in [5.41, 5.74) is 1.85. The molecule has 0 saturated heterocycles. The number of hydrogen-bond donors (Lipinski definition) is 2. The Hall–Kier alpha value is -2.04. The zero-order valence-corrected chi connectivity index (χ0v) is 11.5. The molecule has 5 nitrogen and oxygen atoms in total. The Morgan fingerprint density at radius 1 is 1.32 bits per heavy atom. The Morgan fingerprint density at radius 3 is 2.63 bits per heavy atom. The second-order valence-corrected chi connectivity index (χ2v) is 4.27. The number of nitrogens with one attached hydrogen (secondary N) is 2. The highest BCUT2D eigenvalue weighted by molar-refractivity contribution is 5.90. The van der Waals surface area contributed by atoms with Gasteiger partial charge >= 0.3 is 12.0 Å². The van der Waals surface area contributed by atoms with E-state index >= 15 is 0 Å². The van der Waals surface area contributed by atoms with Crippen LogP contribution in [0.1, 0.15) is 19.4 Å². The zero-order valence-electron chi connectivity index (χ0n) is 11.5. The van der Waals surface area contributed by atoms with Gasteiger partial charge in [0, 0.05) is 12.2 Å². The van der Waals surface area contributed by atoms with Gasteiger partial charge in [-0.3, -0.25) is 4.79 Å². The quantitative estimate of drug-likeness (QED) is 0.801. The minimum Gasteiger partial charge on any atom is -0.469 e. The lowest BCUT2D eigenvalue weighted by Gasteiger charge is -2.13. The number of carbonyl (C=O) groups excluding carboxylic acids is 2. The van der Waals surface area contributed by atoms with Crippen molar-refractivity contribution in [2.45, 2.75) is 20.3 Å². The van der Waals surface area contributed by atoms with Gasteiger partial charge in [0.1, 0.15) is 0 Å². The van der Waals surface area contributed by atoms with Crippen LogP contribution in [-0.2, 0) is 16.0 Å². The van der Waals surface area contributed by atoms with E-state index < -0.39 is 0 Å². The molecule has 1 aromatic rings. The van der Waals surface area contributed by atoms with Gasteiger partial charge in [-0.05, 0) is 18.1 Å². The molecule has 104 valence electrons. The van der Waals surface area contributed by atoms with Crippen LogP contribution in [0.3, 0.4) is 0 Å². The molecule has 0 aliphatic heterocycles. The molecular weight excluding hydrogens is 244 g/mol. The van der Waals surface area contributed by atoms with Crippen molar-refractivity contribution >= 4 is 17.7 Å². The van der Waals surface area contributed by atoms with Gasteiger partial charge in [-0.1, -0.05) is 32.0 Å². The fourth-order valence-electron chi connectivity index (χ4n) is 1.65. The summed E-state index contributed by atoms with van der Waals surface area (Å²) >= 11 is 0. The molecule has 2 N–H and O–H groups in total. The van der Waals surface area contributed by atoms with Gasteiger partial charge < -0.3 is 15.4 Å². The highest BCUT2D eigenvalue weighted by atomic mass is 16.5. The van der Waals surface area contributed by atoms with Crippen LogP contribution < -0.4 is 10.6 Å². The maximum Gasteiger partial charge on any atom is 0.319 e. The Kier molecular flexibility index (Phi) is 5.85. The molecule has 0 saturated carbocycles. The first-order valence-corrected chi connectivity index (χ1v) is 6.29. The highest BCUT2D eigenvalue weighted by Crippen LogP contribution is 2.14. The lowest BCUT2D eigenvalue weighted by Crippen LogP contribution is -2.35. The van der Waals surface area contributed by atoms with Gasteiger partial charge in [-0.25, -0.2) is 4.79 Å². The van der Waals surface area contributed by atoms with E-state index in [-0.39, 0.29) is 24.5 Å². The van der Waals surface area contributed by atoms with E-state index in [1.54, 1.807) is 6.92 Å². The molecule has 1 rings (SSSR count). The molecule has 0 heterocycles. The Balaban J connectivity index is 2.49. The molecule has 19 heavy (non-hydrogen) atoms. The average Bonchev–Trinajstić information content (AvgIpc) is 2.44. The van der Waals surface area contributed by atoms with E-state index in [1.807, 2.05) is 31.2 Å². The molecule has 2 amide bonds. The maximum atomic E-state index is 11.7. The second-order valence-electron chi connectivity index (χ2n) is 4.27. The number of benzene rings is 1. The molecule has 0 bridgehead atoms. The third kappa shape index (κ3) is 4.62. The molecule has 1 unspecified atom stereocenters. The van der Waals surface area contributed by atoms with Gasteiger partial charge in [0.25, 0.3) is 0 Å². The summed E-state index contributed by atoms with van der Waals surface area (Å²) in [7, 11) is 1.33. The summed E-state index contributed by atoms with van der Waals surface area (Å²) in [5, 5.41) is 5.42. The van der Waals surface area contributed by atoms with Crippen molar-refractivity contribution < 1.29 is 14.3 Å². The lowest BCUT2D eigenvalue weighted by molar-refractivity contribution is -0.144. The Labute approximate surface area is 113 Å². The number of ether oxygens (including phenoxy) is 1. The fourth-order valence-corrected chi connectivity index (χ4v) is 1.65. The average molecular weight is 264 g/mol. The van der Waals surface area contributed by atoms with E-state index in [0.717, 1.165) is 17.7 Å². The Bertz CT molecular complexity index is 446. The summed E-state index contributed by atoms with van der Waals surface area (Å²) in [5.74, 6) is -0.702. The van der Waals surface area contributed by atoms with E-state index in [1.165, 1.54) is 7.11 Å².